The number of pyridine rings is 3. The first kappa shape index (κ1) is 60.3. The summed E-state index contributed by atoms with van der Waals surface area (Å²) in [7, 11) is 0. The molecule has 0 radical (unpaired) electrons. The van der Waals surface area contributed by atoms with E-state index in [4.69, 9.17) is 24.4 Å². The molecule has 0 fully saturated rings. The highest BCUT2D eigenvalue weighted by Gasteiger charge is 2.35. The highest BCUT2D eigenvalue weighted by Crippen LogP contribution is 2.33. The van der Waals surface area contributed by atoms with Gasteiger partial charge in [-0.1, -0.05) is 18.2 Å². The van der Waals surface area contributed by atoms with E-state index < -0.39 is 11.2 Å². The third-order valence-electron chi connectivity index (χ3n) is 15.3. The predicted molar refractivity (Wildman–Crippen MR) is 332 cm³/mol. The van der Waals surface area contributed by atoms with E-state index in [1.807, 2.05) is 143 Å². The van der Waals surface area contributed by atoms with Crippen molar-refractivity contribution in [3.8, 4) is 0 Å². The minimum atomic E-state index is -0.564. The standard InChI is InChI=1S/C23H30N6O2.C23H28N6O2.C18H22N6/c2*1-14-7-8-17-9-10-18(25-21(17)28(14)22(30)31-23(4,5)6)11-12-19-26-20-16(3)24-13-15(2)29(20)27-19;1-11-4-5-14-6-7-15(21-17(14)20-11)8-9-16-22-18-13(3)19-10-12(2)24(18)23-16/h9-10,13-14H,7-8,11-12H2,1-6H3;9-14H,7-8H2,1-6H3;6-7,10-11H,4-5,8-9H2,1-3H3,(H,20,21)/b;12-11+;. The van der Waals surface area contributed by atoms with Crippen molar-refractivity contribution in [2.45, 2.75) is 197 Å². The van der Waals surface area contributed by atoms with E-state index in [2.05, 4.69) is 75.6 Å². The smallest absolute Gasteiger partial charge is 0.416 e. The molecule has 0 saturated carbocycles. The normalized spacial score (nSPS) is 16.7. The van der Waals surface area contributed by atoms with Crippen molar-refractivity contribution in [3.63, 3.8) is 0 Å². The Morgan fingerprint density at radius 3 is 1.45 bits per heavy atom. The van der Waals surface area contributed by atoms with Crippen molar-refractivity contribution in [2.75, 3.05) is 15.1 Å². The van der Waals surface area contributed by atoms with E-state index in [1.54, 1.807) is 26.7 Å². The molecule has 2 amide bonds. The van der Waals surface area contributed by atoms with Gasteiger partial charge in [0.05, 0.1) is 39.9 Å². The second kappa shape index (κ2) is 24.6. The molecule has 3 unspecified atom stereocenters. The molecule has 0 aliphatic carbocycles. The van der Waals surface area contributed by atoms with Gasteiger partial charge in [-0.25, -0.2) is 53.0 Å². The van der Waals surface area contributed by atoms with Crippen LogP contribution in [-0.2, 0) is 54.4 Å². The molecule has 0 bridgehead atoms. The maximum Gasteiger partial charge on any atom is 0.416 e. The van der Waals surface area contributed by atoms with Crippen LogP contribution in [0.3, 0.4) is 0 Å². The lowest BCUT2D eigenvalue weighted by atomic mass is 9.99. The quantitative estimate of drug-likeness (QED) is 0.149. The van der Waals surface area contributed by atoms with Crippen molar-refractivity contribution in [1.29, 1.82) is 0 Å². The number of aromatic nitrogens is 15. The van der Waals surface area contributed by atoms with Crippen LogP contribution in [0.25, 0.3) is 29.1 Å². The number of aryl methyl sites for hydroxylation is 13. The maximum atomic E-state index is 12.9. The molecule has 12 rings (SSSR count). The Labute approximate surface area is 502 Å². The summed E-state index contributed by atoms with van der Waals surface area (Å²) in [4.78, 5) is 70.4. The molecule has 12 heterocycles. The predicted octanol–water partition coefficient (Wildman–Crippen LogP) is 11.0. The van der Waals surface area contributed by atoms with Gasteiger partial charge in [0.25, 0.3) is 0 Å². The van der Waals surface area contributed by atoms with E-state index in [1.165, 1.54) is 12.0 Å². The van der Waals surface area contributed by atoms with Crippen LogP contribution in [0.4, 0.5) is 27.0 Å². The fourth-order valence-corrected chi connectivity index (χ4v) is 10.6. The fourth-order valence-electron chi connectivity index (χ4n) is 10.6. The number of nitrogens with zero attached hydrogens (tertiary/aromatic N) is 17. The SMILES string of the molecule is Cc1ncc(C)n2nc(/C=C/c3ccc4c(n3)N(C(=O)OC(C)(C)C)C(C)CC4)nc12.Cc1ncc(C)n2nc(CCc3ccc4c(n3)N(C(=O)OC(C)(C)C)C(C)CC4)nc12.Cc1ncc(C)n2nc(CCc3ccc4c(n3)NC(C)CC4)nc12. The number of carbonyl (C=O) groups is 2. The van der Waals surface area contributed by atoms with Crippen LogP contribution in [0.5, 0.6) is 0 Å². The topological polar surface area (TPSA) is 239 Å². The van der Waals surface area contributed by atoms with Gasteiger partial charge in [0, 0.05) is 60.9 Å². The van der Waals surface area contributed by atoms with Gasteiger partial charge in [0.2, 0.25) is 0 Å². The second-order valence-electron chi connectivity index (χ2n) is 24.9. The number of hydrogen-bond donors (Lipinski definition) is 1. The first-order valence-corrected chi connectivity index (χ1v) is 29.9. The summed E-state index contributed by atoms with van der Waals surface area (Å²) >= 11 is 0. The van der Waals surface area contributed by atoms with Crippen LogP contribution in [0, 0.1) is 41.5 Å². The summed E-state index contributed by atoms with van der Waals surface area (Å²) in [6.07, 6.45) is 17.2. The Bertz CT molecular complexity index is 3900. The molecule has 86 heavy (non-hydrogen) atoms. The monoisotopic (exact) mass is 1160 g/mol. The molecule has 0 spiro atoms. The van der Waals surface area contributed by atoms with Crippen LogP contribution < -0.4 is 15.1 Å². The molecular formula is C64H80N18O4. The summed E-state index contributed by atoms with van der Waals surface area (Å²) in [5.41, 5.74) is 12.9. The van der Waals surface area contributed by atoms with E-state index >= 15 is 0 Å². The maximum absolute atomic E-state index is 12.9. The molecule has 22 nitrogen and oxygen atoms in total. The van der Waals surface area contributed by atoms with Gasteiger partial charge in [-0.2, -0.15) is 10.2 Å². The number of fused-ring (bicyclic) bond motifs is 6. The largest absolute Gasteiger partial charge is 0.443 e. The van der Waals surface area contributed by atoms with Crippen LogP contribution in [0.1, 0.15) is 167 Å². The lowest BCUT2D eigenvalue weighted by molar-refractivity contribution is 0.0550. The number of nitrogens with one attached hydrogen (secondary N) is 1. The molecular weight excluding hydrogens is 1080 g/mol. The average Bonchev–Trinajstić information content (AvgIpc) is 1.60. The molecule has 9 aromatic heterocycles. The molecule has 22 heteroatoms. The van der Waals surface area contributed by atoms with Crippen molar-refractivity contribution in [3.05, 3.63) is 140 Å². The van der Waals surface area contributed by atoms with Gasteiger partial charge in [-0.3, -0.25) is 24.8 Å². The minimum absolute atomic E-state index is 0.0210. The van der Waals surface area contributed by atoms with Crippen LogP contribution in [0.15, 0.2) is 55.0 Å². The Balaban J connectivity index is 0.000000144. The van der Waals surface area contributed by atoms with Crippen LogP contribution in [-0.4, -0.2) is 115 Å². The summed E-state index contributed by atoms with van der Waals surface area (Å²) in [6, 6.07) is 13.0. The first-order chi connectivity index (χ1) is 40.8. The van der Waals surface area contributed by atoms with Gasteiger partial charge in [-0.15, -0.1) is 5.10 Å². The number of rotatable bonds is 8. The second-order valence-corrected chi connectivity index (χ2v) is 24.9. The average molecular weight is 1170 g/mol. The summed E-state index contributed by atoms with van der Waals surface area (Å²) in [5, 5.41) is 17.3. The van der Waals surface area contributed by atoms with Crippen molar-refractivity contribution < 1.29 is 19.1 Å². The zero-order valence-corrected chi connectivity index (χ0v) is 52.4. The molecule has 9 aromatic rings. The number of amides is 2. The zero-order valence-electron chi connectivity index (χ0n) is 52.4. The number of hydrogen-bond acceptors (Lipinski definition) is 17. The van der Waals surface area contributed by atoms with Gasteiger partial charge in [-0.05, 0) is 202 Å². The van der Waals surface area contributed by atoms with Gasteiger partial charge in [0.15, 0.2) is 34.4 Å². The fraction of sp³-hybridized carbons (Fsp3) is 0.469. The highest BCUT2D eigenvalue weighted by molar-refractivity contribution is 5.90. The van der Waals surface area contributed by atoms with Gasteiger partial charge < -0.3 is 14.8 Å². The van der Waals surface area contributed by atoms with Crippen LogP contribution in [0.2, 0.25) is 0 Å². The van der Waals surface area contributed by atoms with E-state index in [-0.39, 0.29) is 24.3 Å². The number of anilines is 3. The third kappa shape index (κ3) is 13.8. The Hall–Kier alpha value is -8.82. The van der Waals surface area contributed by atoms with Gasteiger partial charge in [0.1, 0.15) is 28.7 Å². The summed E-state index contributed by atoms with van der Waals surface area (Å²) in [6.45, 7) is 29.2. The molecule has 0 aromatic carbocycles. The van der Waals surface area contributed by atoms with Crippen molar-refractivity contribution >= 4 is 58.7 Å². The summed E-state index contributed by atoms with van der Waals surface area (Å²) < 4.78 is 16.8. The Kier molecular flexibility index (Phi) is 17.3. The Morgan fingerprint density at radius 2 is 0.965 bits per heavy atom. The molecule has 1 N–H and O–H groups in total. The van der Waals surface area contributed by atoms with E-state index in [9.17, 15) is 9.59 Å². The lowest BCUT2D eigenvalue weighted by Gasteiger charge is -2.35. The van der Waals surface area contributed by atoms with Crippen molar-refractivity contribution in [2.24, 2.45) is 0 Å². The molecule has 450 valence electrons. The summed E-state index contributed by atoms with van der Waals surface area (Å²) in [5.74, 6) is 4.60. The Morgan fingerprint density at radius 1 is 0.523 bits per heavy atom. The third-order valence-corrected chi connectivity index (χ3v) is 15.3. The number of carbonyl (C=O) groups excluding carboxylic acids is 2. The lowest BCUT2D eigenvalue weighted by Crippen LogP contribution is -2.45. The molecule has 0 saturated heterocycles. The van der Waals surface area contributed by atoms with E-state index in [0.717, 1.165) is 142 Å². The number of ether oxygens (including phenoxy) is 2. The minimum Gasteiger partial charge on any atom is -0.443 e. The van der Waals surface area contributed by atoms with E-state index in [0.29, 0.717) is 36.3 Å². The molecule has 3 aliphatic rings. The first-order valence-electron chi connectivity index (χ1n) is 29.9. The zero-order chi connectivity index (χ0) is 61.4. The van der Waals surface area contributed by atoms with Crippen LogP contribution >= 0.6 is 0 Å². The molecule has 3 atom stereocenters. The van der Waals surface area contributed by atoms with Crippen molar-refractivity contribution in [1.82, 2.24) is 73.7 Å². The van der Waals surface area contributed by atoms with Gasteiger partial charge >= 0.3 is 12.2 Å². The molecule has 3 aliphatic heterocycles. The highest BCUT2D eigenvalue weighted by atomic mass is 16.6.